The van der Waals surface area contributed by atoms with E-state index in [0.29, 0.717) is 18.1 Å². The number of pyridine rings is 1. The van der Waals surface area contributed by atoms with Gasteiger partial charge < -0.3 is 10.5 Å². The van der Waals surface area contributed by atoms with Crippen LogP contribution in [0.2, 0.25) is 0 Å². The highest BCUT2D eigenvalue weighted by Crippen LogP contribution is 2.26. The molecule has 1 aromatic carbocycles. The zero-order valence-electron chi connectivity index (χ0n) is 10.7. The molecule has 0 amide bonds. The van der Waals surface area contributed by atoms with Crippen molar-refractivity contribution in [2.75, 3.05) is 0 Å². The molecule has 0 unspecified atom stereocenters. The standard InChI is InChI=1S/C15H15N3O/c1-11(17)14-3-2-10-18-15(14)19-13-6-4-12(5-7-13)8-9-16/h2-7,10-11H,8,17H2,1H3/t11-/m0/s1. The van der Waals surface area contributed by atoms with E-state index in [1.807, 2.05) is 43.3 Å². The maximum absolute atomic E-state index is 8.62. The van der Waals surface area contributed by atoms with Crippen LogP contribution in [0.3, 0.4) is 0 Å². The van der Waals surface area contributed by atoms with Gasteiger partial charge in [-0.3, -0.25) is 0 Å². The second-order valence-electron chi connectivity index (χ2n) is 4.27. The molecule has 0 aliphatic carbocycles. The van der Waals surface area contributed by atoms with Gasteiger partial charge in [-0.25, -0.2) is 4.98 Å². The molecule has 0 aliphatic rings. The Kier molecular flexibility index (Phi) is 4.11. The van der Waals surface area contributed by atoms with Crippen LogP contribution in [0.15, 0.2) is 42.6 Å². The molecule has 0 saturated carbocycles. The van der Waals surface area contributed by atoms with Gasteiger partial charge in [-0.1, -0.05) is 18.2 Å². The SMILES string of the molecule is C[C@H](N)c1cccnc1Oc1ccc(CC#N)cc1. The molecule has 1 aromatic heterocycles. The van der Waals surface area contributed by atoms with E-state index >= 15 is 0 Å². The number of nitrogens with two attached hydrogens (primary N) is 1. The summed E-state index contributed by atoms with van der Waals surface area (Å²) in [5.41, 5.74) is 7.70. The summed E-state index contributed by atoms with van der Waals surface area (Å²) in [5, 5.41) is 8.62. The number of nitrogens with zero attached hydrogens (tertiary/aromatic N) is 2. The summed E-state index contributed by atoms with van der Waals surface area (Å²) in [4.78, 5) is 4.20. The van der Waals surface area contributed by atoms with E-state index in [2.05, 4.69) is 11.1 Å². The lowest BCUT2D eigenvalue weighted by Gasteiger charge is -2.12. The molecule has 2 N–H and O–H groups in total. The van der Waals surface area contributed by atoms with Gasteiger partial charge in [0.2, 0.25) is 5.88 Å². The predicted octanol–water partition coefficient (Wildman–Crippen LogP) is 2.96. The van der Waals surface area contributed by atoms with Crippen molar-refractivity contribution in [3.63, 3.8) is 0 Å². The van der Waals surface area contributed by atoms with E-state index in [1.165, 1.54) is 0 Å². The zero-order valence-corrected chi connectivity index (χ0v) is 10.7. The third kappa shape index (κ3) is 3.30. The number of rotatable bonds is 4. The Bertz CT molecular complexity index is 585. The highest BCUT2D eigenvalue weighted by Gasteiger charge is 2.09. The molecule has 0 aliphatic heterocycles. The summed E-state index contributed by atoms with van der Waals surface area (Å²) in [6, 6.07) is 13.1. The monoisotopic (exact) mass is 253 g/mol. The van der Waals surface area contributed by atoms with Gasteiger partial charge in [0.15, 0.2) is 0 Å². The first kappa shape index (κ1) is 13.1. The summed E-state index contributed by atoms with van der Waals surface area (Å²) >= 11 is 0. The maximum Gasteiger partial charge on any atom is 0.223 e. The van der Waals surface area contributed by atoms with E-state index in [1.54, 1.807) is 6.20 Å². The molecule has 4 heteroatoms. The number of hydrogen-bond donors (Lipinski definition) is 1. The quantitative estimate of drug-likeness (QED) is 0.909. The van der Waals surface area contributed by atoms with Crippen molar-refractivity contribution in [1.29, 1.82) is 5.26 Å². The Morgan fingerprint density at radius 3 is 2.68 bits per heavy atom. The third-order valence-electron chi connectivity index (χ3n) is 2.71. The number of ether oxygens (including phenoxy) is 1. The van der Waals surface area contributed by atoms with Gasteiger partial charge in [-0.15, -0.1) is 0 Å². The van der Waals surface area contributed by atoms with Gasteiger partial charge >= 0.3 is 0 Å². The van der Waals surface area contributed by atoms with Crippen molar-refractivity contribution >= 4 is 0 Å². The summed E-state index contributed by atoms with van der Waals surface area (Å²) in [6.07, 6.45) is 2.07. The fourth-order valence-electron chi connectivity index (χ4n) is 1.71. The Labute approximate surface area is 112 Å². The summed E-state index contributed by atoms with van der Waals surface area (Å²) in [5.74, 6) is 1.20. The molecule has 2 rings (SSSR count). The Morgan fingerprint density at radius 2 is 2.05 bits per heavy atom. The Balaban J connectivity index is 2.19. The summed E-state index contributed by atoms with van der Waals surface area (Å²) < 4.78 is 5.73. The van der Waals surface area contributed by atoms with Crippen molar-refractivity contribution in [2.24, 2.45) is 5.73 Å². The van der Waals surface area contributed by atoms with E-state index in [-0.39, 0.29) is 6.04 Å². The topological polar surface area (TPSA) is 71.9 Å². The predicted molar refractivity (Wildman–Crippen MR) is 72.7 cm³/mol. The van der Waals surface area contributed by atoms with Gasteiger partial charge in [-0.05, 0) is 30.7 Å². The summed E-state index contributed by atoms with van der Waals surface area (Å²) in [6.45, 7) is 1.89. The number of nitriles is 1. The number of benzene rings is 1. The van der Waals surface area contributed by atoms with Crippen LogP contribution in [-0.2, 0) is 6.42 Å². The first-order valence-electron chi connectivity index (χ1n) is 6.05. The minimum atomic E-state index is -0.137. The van der Waals surface area contributed by atoms with Crippen molar-refractivity contribution in [1.82, 2.24) is 4.98 Å². The first-order chi connectivity index (χ1) is 9.20. The van der Waals surface area contributed by atoms with Gasteiger partial charge in [0.25, 0.3) is 0 Å². The normalized spacial score (nSPS) is 11.6. The van der Waals surface area contributed by atoms with Crippen LogP contribution in [0, 0.1) is 11.3 Å². The lowest BCUT2D eigenvalue weighted by Crippen LogP contribution is -2.07. The van der Waals surface area contributed by atoms with Crippen LogP contribution in [0.4, 0.5) is 0 Å². The van der Waals surface area contributed by atoms with Crippen molar-refractivity contribution in [3.8, 4) is 17.7 Å². The number of hydrogen-bond acceptors (Lipinski definition) is 4. The lowest BCUT2D eigenvalue weighted by molar-refractivity contribution is 0.452. The molecule has 4 nitrogen and oxygen atoms in total. The van der Waals surface area contributed by atoms with Gasteiger partial charge in [-0.2, -0.15) is 5.26 Å². The second kappa shape index (κ2) is 5.98. The van der Waals surface area contributed by atoms with Gasteiger partial charge in [0.1, 0.15) is 5.75 Å². The molecule has 0 radical (unpaired) electrons. The minimum absolute atomic E-state index is 0.137. The highest BCUT2D eigenvalue weighted by atomic mass is 16.5. The van der Waals surface area contributed by atoms with Crippen LogP contribution in [-0.4, -0.2) is 4.98 Å². The molecule has 0 fully saturated rings. The molecule has 1 atom stereocenters. The molecule has 0 bridgehead atoms. The van der Waals surface area contributed by atoms with Crippen molar-refractivity contribution < 1.29 is 4.74 Å². The fraction of sp³-hybridized carbons (Fsp3) is 0.200. The zero-order chi connectivity index (χ0) is 13.7. The van der Waals surface area contributed by atoms with Crippen LogP contribution < -0.4 is 10.5 Å². The molecule has 2 aromatic rings. The average molecular weight is 253 g/mol. The molecular formula is C15H15N3O. The van der Waals surface area contributed by atoms with Crippen LogP contribution >= 0.6 is 0 Å². The van der Waals surface area contributed by atoms with E-state index < -0.39 is 0 Å². The fourth-order valence-corrected chi connectivity index (χ4v) is 1.71. The molecule has 1 heterocycles. The number of aromatic nitrogens is 1. The van der Waals surface area contributed by atoms with Crippen LogP contribution in [0.25, 0.3) is 0 Å². The maximum atomic E-state index is 8.62. The highest BCUT2D eigenvalue weighted by molar-refractivity contribution is 5.35. The third-order valence-corrected chi connectivity index (χ3v) is 2.71. The second-order valence-corrected chi connectivity index (χ2v) is 4.27. The summed E-state index contributed by atoms with van der Waals surface area (Å²) in [7, 11) is 0. The molecule has 19 heavy (non-hydrogen) atoms. The van der Waals surface area contributed by atoms with Crippen molar-refractivity contribution in [3.05, 3.63) is 53.7 Å². The average Bonchev–Trinajstić information content (AvgIpc) is 2.42. The van der Waals surface area contributed by atoms with Crippen molar-refractivity contribution in [2.45, 2.75) is 19.4 Å². The van der Waals surface area contributed by atoms with Gasteiger partial charge in [0.05, 0.1) is 12.5 Å². The van der Waals surface area contributed by atoms with Crippen LogP contribution in [0.1, 0.15) is 24.1 Å². The minimum Gasteiger partial charge on any atom is -0.439 e. The lowest BCUT2D eigenvalue weighted by atomic mass is 10.1. The Morgan fingerprint density at radius 1 is 1.32 bits per heavy atom. The van der Waals surface area contributed by atoms with E-state index in [4.69, 9.17) is 15.7 Å². The van der Waals surface area contributed by atoms with E-state index in [0.717, 1.165) is 11.1 Å². The van der Waals surface area contributed by atoms with Crippen LogP contribution in [0.5, 0.6) is 11.6 Å². The smallest absolute Gasteiger partial charge is 0.223 e. The molecule has 0 spiro atoms. The Hall–Kier alpha value is -2.38. The first-order valence-corrected chi connectivity index (χ1v) is 6.05. The molecule has 96 valence electrons. The molecule has 0 saturated heterocycles. The largest absolute Gasteiger partial charge is 0.439 e. The van der Waals surface area contributed by atoms with Gasteiger partial charge in [0, 0.05) is 17.8 Å². The van der Waals surface area contributed by atoms with E-state index in [9.17, 15) is 0 Å². The molecular weight excluding hydrogens is 238 g/mol.